The maximum Gasteiger partial charge on any atom is 0.338 e. The van der Waals surface area contributed by atoms with Gasteiger partial charge in [0.2, 0.25) is 0 Å². The van der Waals surface area contributed by atoms with E-state index in [4.69, 9.17) is 9.47 Å². The second-order valence-corrected chi connectivity index (χ2v) is 7.95. The Morgan fingerprint density at radius 1 is 1.00 bits per heavy atom. The zero-order valence-corrected chi connectivity index (χ0v) is 19.5. The van der Waals surface area contributed by atoms with E-state index in [9.17, 15) is 14.4 Å². The van der Waals surface area contributed by atoms with Gasteiger partial charge in [0.15, 0.2) is 0 Å². The van der Waals surface area contributed by atoms with Gasteiger partial charge in [0, 0.05) is 12.8 Å². The van der Waals surface area contributed by atoms with Crippen LogP contribution in [0.3, 0.4) is 0 Å². The predicted molar refractivity (Wildman–Crippen MR) is 124 cm³/mol. The average Bonchev–Trinajstić information content (AvgIpc) is 2.72. The Balaban J connectivity index is 2.58. The molecule has 2 atom stereocenters. The van der Waals surface area contributed by atoms with E-state index >= 15 is 0 Å². The highest BCUT2D eigenvalue weighted by atomic mass is 16.5. The molecule has 0 aliphatic carbocycles. The third kappa shape index (κ3) is 11.5. The normalized spacial score (nSPS) is 13.0. The van der Waals surface area contributed by atoms with Gasteiger partial charge in [-0.25, -0.2) is 4.79 Å². The van der Waals surface area contributed by atoms with Gasteiger partial charge in [-0.15, -0.1) is 0 Å². The molecule has 5 nitrogen and oxygen atoms in total. The van der Waals surface area contributed by atoms with Gasteiger partial charge in [-0.3, -0.25) is 9.59 Å². The van der Waals surface area contributed by atoms with E-state index in [0.29, 0.717) is 18.6 Å². The highest BCUT2D eigenvalue weighted by Crippen LogP contribution is 2.20. The number of esters is 2. The first-order valence-corrected chi connectivity index (χ1v) is 11.5. The lowest BCUT2D eigenvalue weighted by Crippen LogP contribution is -2.17. The Labute approximate surface area is 187 Å². The van der Waals surface area contributed by atoms with Crippen LogP contribution in [0.5, 0.6) is 0 Å². The third-order valence-electron chi connectivity index (χ3n) is 5.24. The summed E-state index contributed by atoms with van der Waals surface area (Å²) in [6, 6.07) is 7.26. The van der Waals surface area contributed by atoms with E-state index in [0.717, 1.165) is 50.5 Å². The number of rotatable bonds is 15. The van der Waals surface area contributed by atoms with Crippen LogP contribution in [0.1, 0.15) is 95.0 Å². The molecule has 0 fully saturated rings. The fraction of sp³-hybridized carbons (Fsp3) is 0.577. The number of ether oxygens (including phenoxy) is 2. The minimum absolute atomic E-state index is 0.0573. The molecule has 0 aliphatic heterocycles. The van der Waals surface area contributed by atoms with Crippen LogP contribution in [0, 0.1) is 5.92 Å². The summed E-state index contributed by atoms with van der Waals surface area (Å²) < 4.78 is 10.5. The van der Waals surface area contributed by atoms with Crippen molar-refractivity contribution >= 4 is 23.8 Å². The molecule has 0 saturated carbocycles. The van der Waals surface area contributed by atoms with Gasteiger partial charge in [-0.1, -0.05) is 44.1 Å². The molecule has 172 valence electrons. The molecule has 0 heterocycles. The first-order chi connectivity index (χ1) is 14.9. The summed E-state index contributed by atoms with van der Waals surface area (Å²) >= 11 is 0. The Bertz CT molecular complexity index is 722. The van der Waals surface area contributed by atoms with Crippen LogP contribution in [-0.2, 0) is 19.1 Å². The first kappa shape index (κ1) is 26.6. The van der Waals surface area contributed by atoms with Gasteiger partial charge in [0.25, 0.3) is 0 Å². The van der Waals surface area contributed by atoms with Gasteiger partial charge in [0.1, 0.15) is 11.9 Å². The van der Waals surface area contributed by atoms with Gasteiger partial charge < -0.3 is 9.47 Å². The van der Waals surface area contributed by atoms with E-state index in [-0.39, 0.29) is 29.7 Å². The number of ketones is 1. The molecule has 1 aromatic rings. The maximum absolute atomic E-state index is 12.1. The summed E-state index contributed by atoms with van der Waals surface area (Å²) in [5.74, 6) is -0.462. The Hall–Kier alpha value is -2.43. The molecule has 0 spiro atoms. The highest BCUT2D eigenvalue weighted by molar-refractivity contribution is 5.90. The van der Waals surface area contributed by atoms with Crippen LogP contribution in [0.25, 0.3) is 6.08 Å². The lowest BCUT2D eigenvalue weighted by Gasteiger charge is -2.18. The largest absolute Gasteiger partial charge is 0.463 e. The smallest absolute Gasteiger partial charge is 0.338 e. The topological polar surface area (TPSA) is 69.7 Å². The van der Waals surface area contributed by atoms with Crippen LogP contribution >= 0.6 is 0 Å². The average molecular weight is 431 g/mol. The van der Waals surface area contributed by atoms with Crippen molar-refractivity contribution < 1.29 is 23.9 Å². The van der Waals surface area contributed by atoms with Crippen LogP contribution in [0.4, 0.5) is 0 Å². The molecule has 0 aromatic heterocycles. The second kappa shape index (κ2) is 15.4. The fourth-order valence-electron chi connectivity index (χ4n) is 3.55. The van der Waals surface area contributed by atoms with Crippen LogP contribution in [-0.4, -0.2) is 30.4 Å². The van der Waals surface area contributed by atoms with Crippen molar-refractivity contribution in [3.63, 3.8) is 0 Å². The fourth-order valence-corrected chi connectivity index (χ4v) is 3.55. The number of carbonyl (C=O) groups excluding carboxylic acids is 3. The standard InChI is InChI=1S/C26H38O5/c1-5-7-8-17-25(31-21(4)28)18-11-15-23(20(3)27)14-9-12-22-13-10-16-24(19-22)26(29)30-6-2/h9-10,12-13,16,19,23,25H,5-8,11,14-15,17-18H2,1-4H3. The summed E-state index contributed by atoms with van der Waals surface area (Å²) in [6.07, 6.45) is 11.1. The Morgan fingerprint density at radius 2 is 1.74 bits per heavy atom. The zero-order valence-electron chi connectivity index (χ0n) is 19.5. The monoisotopic (exact) mass is 430 g/mol. The van der Waals surface area contributed by atoms with Crippen molar-refractivity contribution in [2.75, 3.05) is 6.61 Å². The van der Waals surface area contributed by atoms with Gasteiger partial charge in [-0.2, -0.15) is 0 Å². The molecule has 31 heavy (non-hydrogen) atoms. The van der Waals surface area contributed by atoms with E-state index in [2.05, 4.69) is 6.92 Å². The molecule has 2 unspecified atom stereocenters. The quantitative estimate of drug-likeness (QED) is 0.246. The van der Waals surface area contributed by atoms with Gasteiger partial charge in [-0.05, 0) is 70.1 Å². The number of Topliss-reactive ketones (excluding diaryl/α,β-unsaturated/α-hetero) is 1. The molecule has 0 aliphatic rings. The number of hydrogen-bond acceptors (Lipinski definition) is 5. The molecule has 1 rings (SSSR count). The molecule has 0 amide bonds. The number of unbranched alkanes of at least 4 members (excludes halogenated alkanes) is 2. The van der Waals surface area contributed by atoms with Crippen molar-refractivity contribution in [3.8, 4) is 0 Å². The first-order valence-electron chi connectivity index (χ1n) is 11.5. The number of benzene rings is 1. The van der Waals surface area contributed by atoms with Crippen LogP contribution in [0.15, 0.2) is 30.3 Å². The van der Waals surface area contributed by atoms with Crippen molar-refractivity contribution in [3.05, 3.63) is 41.5 Å². The molecular weight excluding hydrogens is 392 g/mol. The second-order valence-electron chi connectivity index (χ2n) is 7.95. The predicted octanol–water partition coefficient (Wildman–Crippen LogP) is 6.15. The number of allylic oxidation sites excluding steroid dienone is 1. The highest BCUT2D eigenvalue weighted by Gasteiger charge is 2.16. The summed E-state index contributed by atoms with van der Waals surface area (Å²) in [5, 5.41) is 0. The zero-order chi connectivity index (χ0) is 23.1. The van der Waals surface area contributed by atoms with Gasteiger partial charge in [0.05, 0.1) is 12.2 Å². The van der Waals surface area contributed by atoms with Crippen molar-refractivity contribution in [2.24, 2.45) is 5.92 Å². The molecule has 0 radical (unpaired) electrons. The molecular formula is C26H38O5. The van der Waals surface area contributed by atoms with E-state index < -0.39 is 0 Å². The lowest BCUT2D eigenvalue weighted by atomic mass is 9.92. The number of carbonyl (C=O) groups is 3. The SMILES string of the molecule is CCCCCC(CCCC(CC=Cc1cccc(C(=O)OCC)c1)C(C)=O)OC(C)=O. The Morgan fingerprint density at radius 3 is 2.39 bits per heavy atom. The van der Waals surface area contributed by atoms with E-state index in [1.807, 2.05) is 24.3 Å². The van der Waals surface area contributed by atoms with Crippen molar-refractivity contribution in [2.45, 2.75) is 85.2 Å². The lowest BCUT2D eigenvalue weighted by molar-refractivity contribution is -0.147. The minimum atomic E-state index is -0.333. The summed E-state index contributed by atoms with van der Waals surface area (Å²) in [6.45, 7) is 7.36. The summed E-state index contributed by atoms with van der Waals surface area (Å²) in [5.41, 5.74) is 1.42. The molecule has 0 bridgehead atoms. The number of hydrogen-bond donors (Lipinski definition) is 0. The maximum atomic E-state index is 12.1. The van der Waals surface area contributed by atoms with Crippen molar-refractivity contribution in [1.29, 1.82) is 0 Å². The van der Waals surface area contributed by atoms with Gasteiger partial charge >= 0.3 is 11.9 Å². The summed E-state index contributed by atoms with van der Waals surface area (Å²) in [7, 11) is 0. The molecule has 0 N–H and O–H groups in total. The van der Waals surface area contributed by atoms with E-state index in [1.165, 1.54) is 6.92 Å². The van der Waals surface area contributed by atoms with Crippen molar-refractivity contribution in [1.82, 2.24) is 0 Å². The molecule has 1 aromatic carbocycles. The van der Waals surface area contributed by atoms with Crippen LogP contribution < -0.4 is 0 Å². The van der Waals surface area contributed by atoms with Crippen LogP contribution in [0.2, 0.25) is 0 Å². The molecule has 0 saturated heterocycles. The minimum Gasteiger partial charge on any atom is -0.463 e. The van der Waals surface area contributed by atoms with E-state index in [1.54, 1.807) is 26.0 Å². The molecule has 5 heteroatoms. The summed E-state index contributed by atoms with van der Waals surface area (Å²) in [4.78, 5) is 35.3. The third-order valence-corrected chi connectivity index (χ3v) is 5.24. The Kier molecular flexibility index (Phi) is 13.2.